The molecule has 0 aliphatic rings. The number of rotatable bonds is 10. The summed E-state index contributed by atoms with van der Waals surface area (Å²) in [5.41, 5.74) is 0.536. The summed E-state index contributed by atoms with van der Waals surface area (Å²) in [6.45, 7) is 3.95. The van der Waals surface area contributed by atoms with Crippen LogP contribution in [-0.4, -0.2) is 34.4 Å². The van der Waals surface area contributed by atoms with Crippen LogP contribution >= 0.6 is 0 Å². The van der Waals surface area contributed by atoms with Gasteiger partial charge in [-0.1, -0.05) is 13.0 Å². The lowest BCUT2D eigenvalue weighted by molar-refractivity contribution is 0.415. The average molecular weight is 300 g/mol. The van der Waals surface area contributed by atoms with E-state index in [2.05, 4.69) is 17.0 Å². The topological polar surface area (TPSA) is 67.4 Å². The SMILES string of the molecule is CCCNCCCCS(=O)(=O)Nc1cccc(OC)c1. The van der Waals surface area contributed by atoms with Gasteiger partial charge in [0.15, 0.2) is 0 Å². The van der Waals surface area contributed by atoms with Crippen LogP contribution in [0.5, 0.6) is 5.75 Å². The first-order valence-electron chi connectivity index (χ1n) is 6.92. The Labute approximate surface area is 121 Å². The summed E-state index contributed by atoms with van der Waals surface area (Å²) in [5, 5.41) is 3.25. The van der Waals surface area contributed by atoms with Crippen LogP contribution < -0.4 is 14.8 Å². The van der Waals surface area contributed by atoms with Gasteiger partial charge in [-0.15, -0.1) is 0 Å². The highest BCUT2D eigenvalue weighted by Gasteiger charge is 2.10. The Kier molecular flexibility index (Phi) is 7.40. The minimum atomic E-state index is -3.29. The molecule has 0 aliphatic carbocycles. The van der Waals surface area contributed by atoms with E-state index in [9.17, 15) is 8.42 Å². The molecule has 1 aromatic rings. The van der Waals surface area contributed by atoms with Crippen molar-refractivity contribution < 1.29 is 13.2 Å². The van der Waals surface area contributed by atoms with E-state index >= 15 is 0 Å². The first-order chi connectivity index (χ1) is 9.57. The number of benzene rings is 1. The molecule has 0 bridgehead atoms. The number of nitrogens with one attached hydrogen (secondary N) is 2. The summed E-state index contributed by atoms with van der Waals surface area (Å²) in [5.74, 6) is 0.770. The third-order valence-electron chi connectivity index (χ3n) is 2.79. The summed E-state index contributed by atoms with van der Waals surface area (Å²) in [6, 6.07) is 6.91. The first-order valence-corrected chi connectivity index (χ1v) is 8.58. The number of anilines is 1. The van der Waals surface area contributed by atoms with Crippen LogP contribution in [0.2, 0.25) is 0 Å². The van der Waals surface area contributed by atoms with Crippen LogP contribution in [0.3, 0.4) is 0 Å². The van der Waals surface area contributed by atoms with Gasteiger partial charge in [-0.3, -0.25) is 4.72 Å². The monoisotopic (exact) mass is 300 g/mol. The van der Waals surface area contributed by atoms with E-state index in [1.54, 1.807) is 31.4 Å². The van der Waals surface area contributed by atoms with Crippen LogP contribution in [0, 0.1) is 0 Å². The van der Waals surface area contributed by atoms with Gasteiger partial charge in [0.1, 0.15) is 5.75 Å². The van der Waals surface area contributed by atoms with Crippen molar-refractivity contribution in [2.24, 2.45) is 0 Å². The van der Waals surface area contributed by atoms with Crippen molar-refractivity contribution in [1.82, 2.24) is 5.32 Å². The van der Waals surface area contributed by atoms with Crippen molar-refractivity contribution in [1.29, 1.82) is 0 Å². The van der Waals surface area contributed by atoms with E-state index in [-0.39, 0.29) is 5.75 Å². The largest absolute Gasteiger partial charge is 0.497 e. The summed E-state index contributed by atoms with van der Waals surface area (Å²) < 4.78 is 31.5. The molecule has 0 aromatic heterocycles. The van der Waals surface area contributed by atoms with E-state index < -0.39 is 10.0 Å². The van der Waals surface area contributed by atoms with Crippen molar-refractivity contribution in [3.05, 3.63) is 24.3 Å². The second-order valence-corrected chi connectivity index (χ2v) is 6.45. The smallest absolute Gasteiger partial charge is 0.232 e. The normalized spacial score (nSPS) is 11.3. The molecule has 0 heterocycles. The fraction of sp³-hybridized carbons (Fsp3) is 0.571. The second-order valence-electron chi connectivity index (χ2n) is 4.61. The lowest BCUT2D eigenvalue weighted by Crippen LogP contribution is -2.19. The van der Waals surface area contributed by atoms with Gasteiger partial charge >= 0.3 is 0 Å². The Morgan fingerprint density at radius 2 is 2.00 bits per heavy atom. The van der Waals surface area contributed by atoms with E-state index in [1.807, 2.05) is 0 Å². The van der Waals surface area contributed by atoms with Gasteiger partial charge in [0.05, 0.1) is 18.6 Å². The Bertz CT molecular complexity index is 489. The molecule has 20 heavy (non-hydrogen) atoms. The Hall–Kier alpha value is -1.27. The maximum absolute atomic E-state index is 11.9. The molecule has 1 rings (SSSR count). The molecule has 1 aromatic carbocycles. The molecule has 0 spiro atoms. The fourth-order valence-electron chi connectivity index (χ4n) is 1.76. The molecule has 0 saturated heterocycles. The van der Waals surface area contributed by atoms with Crippen molar-refractivity contribution in [3.63, 3.8) is 0 Å². The van der Waals surface area contributed by atoms with Gasteiger partial charge in [0.2, 0.25) is 10.0 Å². The Balaban J connectivity index is 2.37. The number of unbranched alkanes of at least 4 members (excludes halogenated alkanes) is 1. The third kappa shape index (κ3) is 6.77. The molecule has 0 radical (unpaired) electrons. The minimum absolute atomic E-state index is 0.137. The Morgan fingerprint density at radius 3 is 2.70 bits per heavy atom. The Morgan fingerprint density at radius 1 is 1.20 bits per heavy atom. The summed E-state index contributed by atoms with van der Waals surface area (Å²) in [6.07, 6.45) is 2.60. The van der Waals surface area contributed by atoms with Crippen molar-refractivity contribution in [2.75, 3.05) is 30.7 Å². The summed E-state index contributed by atoms with van der Waals surface area (Å²) in [7, 11) is -1.73. The molecule has 5 nitrogen and oxygen atoms in total. The molecule has 114 valence electrons. The molecule has 0 saturated carbocycles. The van der Waals surface area contributed by atoms with Crippen LogP contribution in [-0.2, 0) is 10.0 Å². The molecule has 0 unspecified atom stereocenters. The molecule has 0 atom stereocenters. The lowest BCUT2D eigenvalue weighted by atomic mass is 10.3. The molecule has 0 amide bonds. The van der Waals surface area contributed by atoms with Gasteiger partial charge in [-0.2, -0.15) is 0 Å². The second kappa shape index (κ2) is 8.81. The average Bonchev–Trinajstić information content (AvgIpc) is 2.42. The number of ether oxygens (including phenoxy) is 1. The van der Waals surface area contributed by atoms with Crippen molar-refractivity contribution >= 4 is 15.7 Å². The number of hydrogen-bond acceptors (Lipinski definition) is 4. The standard InChI is InChI=1S/C14H24N2O3S/c1-3-9-15-10-4-5-11-20(17,18)16-13-7-6-8-14(12-13)19-2/h6-8,12,15-16H,3-5,9-11H2,1-2H3. The minimum Gasteiger partial charge on any atom is -0.497 e. The molecule has 6 heteroatoms. The van der Waals surface area contributed by atoms with E-state index in [1.165, 1.54) is 0 Å². The highest BCUT2D eigenvalue weighted by Crippen LogP contribution is 2.18. The third-order valence-corrected chi connectivity index (χ3v) is 4.16. The van der Waals surface area contributed by atoms with E-state index in [0.29, 0.717) is 17.9 Å². The molecule has 0 aliphatic heterocycles. The van der Waals surface area contributed by atoms with Gasteiger partial charge in [-0.05, 0) is 44.5 Å². The zero-order valence-corrected chi connectivity index (χ0v) is 13.0. The lowest BCUT2D eigenvalue weighted by Gasteiger charge is -2.09. The number of methoxy groups -OCH3 is 1. The first kappa shape index (κ1) is 16.8. The van der Waals surface area contributed by atoms with Crippen molar-refractivity contribution in [2.45, 2.75) is 26.2 Å². The van der Waals surface area contributed by atoms with Crippen LogP contribution in [0.15, 0.2) is 24.3 Å². The van der Waals surface area contributed by atoms with Crippen molar-refractivity contribution in [3.8, 4) is 5.75 Å². The maximum Gasteiger partial charge on any atom is 0.232 e. The number of sulfonamides is 1. The van der Waals surface area contributed by atoms with Gasteiger partial charge in [0.25, 0.3) is 0 Å². The predicted molar refractivity (Wildman–Crippen MR) is 82.8 cm³/mol. The van der Waals surface area contributed by atoms with Gasteiger partial charge in [0, 0.05) is 6.07 Å². The molecule has 2 N–H and O–H groups in total. The van der Waals surface area contributed by atoms with Gasteiger partial charge < -0.3 is 10.1 Å². The zero-order chi connectivity index (χ0) is 14.8. The predicted octanol–water partition coefficient (Wildman–Crippen LogP) is 2.22. The molecular formula is C14H24N2O3S. The van der Waals surface area contributed by atoms with E-state index in [4.69, 9.17) is 4.74 Å². The molecule has 0 fully saturated rings. The zero-order valence-electron chi connectivity index (χ0n) is 12.2. The highest BCUT2D eigenvalue weighted by atomic mass is 32.2. The molecular weight excluding hydrogens is 276 g/mol. The van der Waals surface area contributed by atoms with Crippen LogP contribution in [0.1, 0.15) is 26.2 Å². The van der Waals surface area contributed by atoms with E-state index in [0.717, 1.165) is 25.9 Å². The van der Waals surface area contributed by atoms with Crippen LogP contribution in [0.4, 0.5) is 5.69 Å². The summed E-state index contributed by atoms with van der Waals surface area (Å²) in [4.78, 5) is 0. The van der Waals surface area contributed by atoms with Crippen LogP contribution in [0.25, 0.3) is 0 Å². The summed E-state index contributed by atoms with van der Waals surface area (Å²) >= 11 is 0. The quantitative estimate of drug-likeness (QED) is 0.650. The fourth-order valence-corrected chi connectivity index (χ4v) is 2.93. The number of hydrogen-bond donors (Lipinski definition) is 2. The maximum atomic E-state index is 11.9. The highest BCUT2D eigenvalue weighted by molar-refractivity contribution is 7.92. The van der Waals surface area contributed by atoms with Gasteiger partial charge in [-0.25, -0.2) is 8.42 Å².